The topological polar surface area (TPSA) is 54.4 Å². The van der Waals surface area contributed by atoms with Crippen molar-refractivity contribution in [3.05, 3.63) is 21.9 Å². The van der Waals surface area contributed by atoms with Crippen LogP contribution in [0, 0.1) is 5.92 Å². The molecule has 0 radical (unpaired) electrons. The third-order valence-electron chi connectivity index (χ3n) is 1.95. The van der Waals surface area contributed by atoms with Crippen molar-refractivity contribution in [3.8, 4) is 0 Å². The van der Waals surface area contributed by atoms with Gasteiger partial charge in [0.05, 0.1) is 0 Å². The highest BCUT2D eigenvalue weighted by atomic mass is 32.1. The van der Waals surface area contributed by atoms with Crippen molar-refractivity contribution in [2.45, 2.75) is 19.8 Å². The summed E-state index contributed by atoms with van der Waals surface area (Å²) in [6, 6.07) is 3.42. The Hall–Kier alpha value is -1.16. The van der Waals surface area contributed by atoms with E-state index in [4.69, 9.17) is 5.11 Å². The van der Waals surface area contributed by atoms with Crippen LogP contribution in [0.3, 0.4) is 0 Å². The Bertz CT molecular complexity index is 330. The number of carboxylic acids is 1. The van der Waals surface area contributed by atoms with Crippen molar-refractivity contribution in [2.24, 2.45) is 5.92 Å². The molecule has 0 saturated heterocycles. The van der Waals surface area contributed by atoms with Gasteiger partial charge in [-0.25, -0.2) is 4.79 Å². The second kappa shape index (κ2) is 4.91. The molecule has 0 amide bonds. The maximum Gasteiger partial charge on any atom is 0.345 e. The Labute approximate surface area is 86.4 Å². The molecule has 0 saturated carbocycles. The number of rotatable bonds is 5. The van der Waals surface area contributed by atoms with Gasteiger partial charge >= 0.3 is 5.97 Å². The molecule has 0 aliphatic heterocycles. The summed E-state index contributed by atoms with van der Waals surface area (Å²) in [5.41, 5.74) is 0. The van der Waals surface area contributed by atoms with E-state index in [1.54, 1.807) is 6.07 Å². The number of thiophene rings is 1. The minimum atomic E-state index is -0.885. The number of hydrogen-bond donors (Lipinski definition) is 1. The van der Waals surface area contributed by atoms with Crippen LogP contribution in [0.2, 0.25) is 0 Å². The summed E-state index contributed by atoms with van der Waals surface area (Å²) >= 11 is 1.28. The summed E-state index contributed by atoms with van der Waals surface area (Å²) in [5.74, 6) is -0.838. The second-order valence-corrected chi connectivity index (χ2v) is 4.39. The van der Waals surface area contributed by atoms with Crippen LogP contribution in [-0.2, 0) is 11.2 Å². The van der Waals surface area contributed by atoms with E-state index in [2.05, 4.69) is 0 Å². The highest BCUT2D eigenvalue weighted by Crippen LogP contribution is 2.19. The van der Waals surface area contributed by atoms with Gasteiger partial charge in [0.1, 0.15) is 11.2 Å². The van der Waals surface area contributed by atoms with Crippen LogP contribution < -0.4 is 0 Å². The molecule has 1 heterocycles. The number of aldehydes is 1. The number of carbonyl (C=O) groups excluding carboxylic acids is 1. The standard InChI is InChI=1S/C10H12O3S/c1-7(6-11)2-3-8-4-5-9(14-8)10(12)13/h4-7H,2-3H2,1H3,(H,12,13). The lowest BCUT2D eigenvalue weighted by atomic mass is 10.1. The molecule has 1 aromatic rings. The van der Waals surface area contributed by atoms with E-state index < -0.39 is 5.97 Å². The van der Waals surface area contributed by atoms with Crippen LogP contribution in [0.5, 0.6) is 0 Å². The molecule has 1 atom stereocenters. The minimum Gasteiger partial charge on any atom is -0.477 e. The van der Waals surface area contributed by atoms with Gasteiger partial charge in [0, 0.05) is 10.8 Å². The molecule has 0 aromatic carbocycles. The van der Waals surface area contributed by atoms with E-state index in [1.165, 1.54) is 11.3 Å². The molecule has 0 fully saturated rings. The Morgan fingerprint density at radius 2 is 2.36 bits per heavy atom. The fourth-order valence-corrected chi connectivity index (χ4v) is 1.93. The van der Waals surface area contributed by atoms with Crippen molar-refractivity contribution in [1.29, 1.82) is 0 Å². The summed E-state index contributed by atoms with van der Waals surface area (Å²) in [7, 11) is 0. The highest BCUT2D eigenvalue weighted by Gasteiger charge is 2.07. The molecule has 1 N–H and O–H groups in total. The Morgan fingerprint density at radius 3 is 2.86 bits per heavy atom. The van der Waals surface area contributed by atoms with Crippen molar-refractivity contribution in [1.82, 2.24) is 0 Å². The largest absolute Gasteiger partial charge is 0.477 e. The lowest BCUT2D eigenvalue weighted by Gasteiger charge is -1.99. The van der Waals surface area contributed by atoms with Crippen LogP contribution in [0.15, 0.2) is 12.1 Å². The summed E-state index contributed by atoms with van der Waals surface area (Å²) in [5, 5.41) is 8.68. The normalized spacial score (nSPS) is 12.4. The van der Waals surface area contributed by atoms with Gasteiger partial charge in [0.2, 0.25) is 0 Å². The predicted molar refractivity (Wildman–Crippen MR) is 54.8 cm³/mol. The summed E-state index contributed by atoms with van der Waals surface area (Å²) in [6.45, 7) is 1.86. The fourth-order valence-electron chi connectivity index (χ4n) is 1.07. The van der Waals surface area contributed by atoms with Crippen LogP contribution >= 0.6 is 11.3 Å². The number of carbonyl (C=O) groups is 2. The fraction of sp³-hybridized carbons (Fsp3) is 0.400. The molecular weight excluding hydrogens is 200 g/mol. The van der Waals surface area contributed by atoms with Crippen molar-refractivity contribution < 1.29 is 14.7 Å². The number of aryl methyl sites for hydroxylation is 1. The molecule has 1 aromatic heterocycles. The van der Waals surface area contributed by atoms with Gasteiger partial charge in [0.25, 0.3) is 0 Å². The summed E-state index contributed by atoms with van der Waals surface area (Å²) in [4.78, 5) is 22.3. The van der Waals surface area contributed by atoms with E-state index in [0.29, 0.717) is 4.88 Å². The van der Waals surface area contributed by atoms with E-state index in [9.17, 15) is 9.59 Å². The smallest absolute Gasteiger partial charge is 0.345 e. The quantitative estimate of drug-likeness (QED) is 0.761. The van der Waals surface area contributed by atoms with Gasteiger partial charge in [-0.15, -0.1) is 11.3 Å². The lowest BCUT2D eigenvalue weighted by molar-refractivity contribution is -0.110. The average Bonchev–Trinajstić information content (AvgIpc) is 2.62. The monoisotopic (exact) mass is 212 g/mol. The Kier molecular flexibility index (Phi) is 3.83. The molecular formula is C10H12O3S. The molecule has 0 aliphatic carbocycles. The summed E-state index contributed by atoms with van der Waals surface area (Å²) < 4.78 is 0. The van der Waals surface area contributed by atoms with Crippen molar-refractivity contribution in [3.63, 3.8) is 0 Å². The molecule has 0 bridgehead atoms. The van der Waals surface area contributed by atoms with Crippen molar-refractivity contribution >= 4 is 23.6 Å². The maximum atomic E-state index is 10.6. The van der Waals surface area contributed by atoms with Gasteiger partial charge in [-0.05, 0) is 25.0 Å². The number of aromatic carboxylic acids is 1. The molecule has 0 aliphatic rings. The maximum absolute atomic E-state index is 10.6. The van der Waals surface area contributed by atoms with Gasteiger partial charge in [-0.2, -0.15) is 0 Å². The minimum absolute atomic E-state index is 0.0466. The van der Waals surface area contributed by atoms with E-state index in [0.717, 1.165) is 24.0 Å². The third kappa shape index (κ3) is 2.96. The molecule has 4 heteroatoms. The first-order valence-electron chi connectivity index (χ1n) is 4.40. The van der Waals surface area contributed by atoms with Crippen LogP contribution in [0.1, 0.15) is 27.9 Å². The zero-order chi connectivity index (χ0) is 10.6. The molecule has 76 valence electrons. The average molecular weight is 212 g/mol. The second-order valence-electron chi connectivity index (χ2n) is 3.22. The Balaban J connectivity index is 2.51. The summed E-state index contributed by atoms with van der Waals surface area (Å²) in [6.07, 6.45) is 2.48. The molecule has 1 rings (SSSR count). The van der Waals surface area contributed by atoms with Gasteiger partial charge in [0.15, 0.2) is 0 Å². The Morgan fingerprint density at radius 1 is 1.64 bits per heavy atom. The first-order chi connectivity index (χ1) is 6.63. The zero-order valence-corrected chi connectivity index (χ0v) is 8.71. The number of carboxylic acid groups (broad SMARTS) is 1. The predicted octanol–water partition coefficient (Wildman–Crippen LogP) is 2.21. The van der Waals surface area contributed by atoms with E-state index in [1.807, 2.05) is 13.0 Å². The number of hydrogen-bond acceptors (Lipinski definition) is 3. The molecule has 14 heavy (non-hydrogen) atoms. The SMILES string of the molecule is CC(C=O)CCc1ccc(C(=O)O)s1. The van der Waals surface area contributed by atoms with Gasteiger partial charge < -0.3 is 9.90 Å². The van der Waals surface area contributed by atoms with Gasteiger partial charge in [-0.1, -0.05) is 6.92 Å². The first kappa shape index (κ1) is 10.9. The van der Waals surface area contributed by atoms with E-state index in [-0.39, 0.29) is 5.92 Å². The molecule has 3 nitrogen and oxygen atoms in total. The van der Waals surface area contributed by atoms with Crippen LogP contribution in [-0.4, -0.2) is 17.4 Å². The molecule has 1 unspecified atom stereocenters. The van der Waals surface area contributed by atoms with E-state index >= 15 is 0 Å². The van der Waals surface area contributed by atoms with Gasteiger partial charge in [-0.3, -0.25) is 0 Å². The third-order valence-corrected chi connectivity index (χ3v) is 3.08. The molecule has 0 spiro atoms. The first-order valence-corrected chi connectivity index (χ1v) is 5.22. The lowest BCUT2D eigenvalue weighted by Crippen LogP contribution is -1.96. The van der Waals surface area contributed by atoms with Crippen LogP contribution in [0.4, 0.5) is 0 Å². The van der Waals surface area contributed by atoms with Crippen LogP contribution in [0.25, 0.3) is 0 Å². The zero-order valence-electron chi connectivity index (χ0n) is 7.90. The highest BCUT2D eigenvalue weighted by molar-refractivity contribution is 7.13. The van der Waals surface area contributed by atoms with Crippen molar-refractivity contribution in [2.75, 3.05) is 0 Å².